The third-order valence-corrected chi connectivity index (χ3v) is 2.96. The number of aliphatic hydroxyl groups excluding tert-OH is 2. The first-order valence-electron chi connectivity index (χ1n) is 5.84. The summed E-state index contributed by atoms with van der Waals surface area (Å²) in [6.07, 6.45) is -0.704. The minimum atomic E-state index is -0.659. The first-order valence-corrected chi connectivity index (χ1v) is 5.84. The molecular formula is C14H22O2. The van der Waals surface area contributed by atoms with E-state index in [4.69, 9.17) is 0 Å². The molecule has 3 atom stereocenters. The molecule has 0 heterocycles. The summed E-state index contributed by atoms with van der Waals surface area (Å²) in [5.74, 6) is 0.267. The SMILES string of the molecule is Cc1cc(C)cc(C(C)CC(O)C(C)O)c1. The molecule has 0 amide bonds. The van der Waals surface area contributed by atoms with Crippen molar-refractivity contribution in [1.82, 2.24) is 0 Å². The van der Waals surface area contributed by atoms with Crippen molar-refractivity contribution in [2.45, 2.75) is 52.2 Å². The Kier molecular flexibility index (Phi) is 4.51. The van der Waals surface area contributed by atoms with E-state index in [1.807, 2.05) is 0 Å². The molecule has 0 aliphatic rings. The van der Waals surface area contributed by atoms with Crippen LogP contribution in [0.25, 0.3) is 0 Å². The number of hydrogen-bond donors (Lipinski definition) is 2. The number of aryl methyl sites for hydroxylation is 2. The number of hydrogen-bond acceptors (Lipinski definition) is 2. The fraction of sp³-hybridized carbons (Fsp3) is 0.571. The molecule has 0 aliphatic carbocycles. The predicted octanol–water partition coefficient (Wildman–Crippen LogP) is 2.54. The number of rotatable bonds is 4. The summed E-state index contributed by atoms with van der Waals surface area (Å²) in [5.41, 5.74) is 3.72. The first kappa shape index (κ1) is 13.2. The van der Waals surface area contributed by atoms with E-state index in [-0.39, 0.29) is 5.92 Å². The van der Waals surface area contributed by atoms with Crippen molar-refractivity contribution in [3.05, 3.63) is 34.9 Å². The minimum absolute atomic E-state index is 0.267. The summed E-state index contributed by atoms with van der Waals surface area (Å²) in [5, 5.41) is 18.9. The molecule has 1 aromatic rings. The molecule has 2 heteroatoms. The Morgan fingerprint density at radius 2 is 1.50 bits per heavy atom. The third-order valence-electron chi connectivity index (χ3n) is 2.96. The highest BCUT2D eigenvalue weighted by Gasteiger charge is 2.16. The van der Waals surface area contributed by atoms with E-state index in [1.165, 1.54) is 16.7 Å². The largest absolute Gasteiger partial charge is 0.391 e. The molecular weight excluding hydrogens is 200 g/mol. The third kappa shape index (κ3) is 3.62. The first-order chi connectivity index (χ1) is 7.40. The lowest BCUT2D eigenvalue weighted by atomic mass is 9.91. The van der Waals surface area contributed by atoms with Crippen molar-refractivity contribution in [3.8, 4) is 0 Å². The molecule has 0 bridgehead atoms. The van der Waals surface area contributed by atoms with Gasteiger partial charge < -0.3 is 10.2 Å². The van der Waals surface area contributed by atoms with Crippen LogP contribution in [-0.4, -0.2) is 22.4 Å². The predicted molar refractivity (Wildman–Crippen MR) is 66.6 cm³/mol. The van der Waals surface area contributed by atoms with Gasteiger partial charge >= 0.3 is 0 Å². The van der Waals surface area contributed by atoms with Gasteiger partial charge in [-0.3, -0.25) is 0 Å². The van der Waals surface area contributed by atoms with Gasteiger partial charge in [-0.1, -0.05) is 36.2 Å². The van der Waals surface area contributed by atoms with E-state index in [9.17, 15) is 10.2 Å². The van der Waals surface area contributed by atoms with Crippen molar-refractivity contribution in [1.29, 1.82) is 0 Å². The van der Waals surface area contributed by atoms with Gasteiger partial charge in [-0.2, -0.15) is 0 Å². The molecule has 90 valence electrons. The number of benzene rings is 1. The summed E-state index contributed by atoms with van der Waals surface area (Å²) in [6.45, 7) is 7.86. The Morgan fingerprint density at radius 1 is 1.00 bits per heavy atom. The molecule has 0 aliphatic heterocycles. The van der Waals surface area contributed by atoms with Crippen LogP contribution < -0.4 is 0 Å². The molecule has 2 nitrogen and oxygen atoms in total. The fourth-order valence-corrected chi connectivity index (χ4v) is 1.99. The van der Waals surface area contributed by atoms with Crippen LogP contribution in [0, 0.1) is 13.8 Å². The standard InChI is InChI=1S/C14H22O2/c1-9-5-10(2)7-13(6-9)11(3)8-14(16)12(4)15/h5-7,11-12,14-16H,8H2,1-4H3. The van der Waals surface area contributed by atoms with Crippen molar-refractivity contribution in [3.63, 3.8) is 0 Å². The summed E-state index contributed by atoms with van der Waals surface area (Å²) in [6, 6.07) is 6.43. The Balaban J connectivity index is 2.76. The highest BCUT2D eigenvalue weighted by atomic mass is 16.3. The quantitative estimate of drug-likeness (QED) is 0.822. The molecule has 0 spiro atoms. The zero-order valence-corrected chi connectivity index (χ0v) is 10.6. The highest BCUT2D eigenvalue weighted by molar-refractivity contribution is 5.30. The van der Waals surface area contributed by atoms with Gasteiger partial charge in [-0.05, 0) is 38.7 Å². The average molecular weight is 222 g/mol. The van der Waals surface area contributed by atoms with Crippen LogP contribution in [0.1, 0.15) is 42.9 Å². The highest BCUT2D eigenvalue weighted by Crippen LogP contribution is 2.23. The maximum absolute atomic E-state index is 9.65. The smallest absolute Gasteiger partial charge is 0.0802 e. The van der Waals surface area contributed by atoms with Gasteiger partial charge in [0.15, 0.2) is 0 Å². The molecule has 3 unspecified atom stereocenters. The zero-order chi connectivity index (χ0) is 12.3. The van der Waals surface area contributed by atoms with Gasteiger partial charge in [0.1, 0.15) is 0 Å². The van der Waals surface area contributed by atoms with E-state index in [0.717, 1.165) is 0 Å². The van der Waals surface area contributed by atoms with Crippen LogP contribution in [0.3, 0.4) is 0 Å². The zero-order valence-electron chi connectivity index (χ0n) is 10.6. The summed E-state index contributed by atoms with van der Waals surface area (Å²) < 4.78 is 0. The minimum Gasteiger partial charge on any atom is -0.391 e. The normalized spacial score (nSPS) is 16.9. The lowest BCUT2D eigenvalue weighted by molar-refractivity contribution is 0.0227. The molecule has 1 rings (SSSR count). The lowest BCUT2D eigenvalue weighted by Gasteiger charge is -2.19. The van der Waals surface area contributed by atoms with Crippen LogP contribution >= 0.6 is 0 Å². The maximum Gasteiger partial charge on any atom is 0.0802 e. The summed E-state index contributed by atoms with van der Waals surface area (Å²) in [7, 11) is 0. The summed E-state index contributed by atoms with van der Waals surface area (Å²) >= 11 is 0. The monoisotopic (exact) mass is 222 g/mol. The molecule has 0 saturated heterocycles. The van der Waals surface area contributed by atoms with Crippen molar-refractivity contribution < 1.29 is 10.2 Å². The van der Waals surface area contributed by atoms with Crippen LogP contribution in [0.4, 0.5) is 0 Å². The van der Waals surface area contributed by atoms with Gasteiger partial charge in [0.05, 0.1) is 12.2 Å². The Bertz CT molecular complexity index is 324. The van der Waals surface area contributed by atoms with E-state index in [2.05, 4.69) is 39.0 Å². The maximum atomic E-state index is 9.65. The molecule has 1 aromatic carbocycles. The second kappa shape index (κ2) is 5.46. The van der Waals surface area contributed by atoms with Crippen LogP contribution in [-0.2, 0) is 0 Å². The lowest BCUT2D eigenvalue weighted by Crippen LogP contribution is -2.24. The second-order valence-electron chi connectivity index (χ2n) is 4.87. The molecule has 0 radical (unpaired) electrons. The molecule has 2 N–H and O–H groups in total. The molecule has 0 saturated carbocycles. The topological polar surface area (TPSA) is 40.5 Å². The van der Waals surface area contributed by atoms with Gasteiger partial charge in [-0.25, -0.2) is 0 Å². The van der Waals surface area contributed by atoms with E-state index in [1.54, 1.807) is 6.92 Å². The fourth-order valence-electron chi connectivity index (χ4n) is 1.99. The van der Waals surface area contributed by atoms with Gasteiger partial charge in [0, 0.05) is 0 Å². The van der Waals surface area contributed by atoms with E-state index >= 15 is 0 Å². The van der Waals surface area contributed by atoms with E-state index < -0.39 is 12.2 Å². The molecule has 0 fully saturated rings. The van der Waals surface area contributed by atoms with Crippen molar-refractivity contribution >= 4 is 0 Å². The number of aliphatic hydroxyl groups is 2. The van der Waals surface area contributed by atoms with Crippen LogP contribution in [0.15, 0.2) is 18.2 Å². The molecule has 16 heavy (non-hydrogen) atoms. The second-order valence-corrected chi connectivity index (χ2v) is 4.87. The van der Waals surface area contributed by atoms with Gasteiger partial charge in [0.25, 0.3) is 0 Å². The van der Waals surface area contributed by atoms with Crippen molar-refractivity contribution in [2.24, 2.45) is 0 Å². The van der Waals surface area contributed by atoms with E-state index in [0.29, 0.717) is 6.42 Å². The van der Waals surface area contributed by atoms with Gasteiger partial charge in [-0.15, -0.1) is 0 Å². The summed E-state index contributed by atoms with van der Waals surface area (Å²) in [4.78, 5) is 0. The Morgan fingerprint density at radius 3 is 1.94 bits per heavy atom. The van der Waals surface area contributed by atoms with Gasteiger partial charge in [0.2, 0.25) is 0 Å². The Hall–Kier alpha value is -0.860. The van der Waals surface area contributed by atoms with Crippen molar-refractivity contribution in [2.75, 3.05) is 0 Å². The average Bonchev–Trinajstić information content (AvgIpc) is 2.15. The Labute approximate surface area is 97.9 Å². The van der Waals surface area contributed by atoms with Crippen LogP contribution in [0.2, 0.25) is 0 Å². The molecule has 0 aromatic heterocycles. The van der Waals surface area contributed by atoms with Crippen LogP contribution in [0.5, 0.6) is 0 Å².